The van der Waals surface area contributed by atoms with Gasteiger partial charge in [-0.25, -0.2) is 0 Å². The van der Waals surface area contributed by atoms with Crippen LogP contribution in [0.15, 0.2) is 12.1 Å². The molecule has 1 aliphatic heterocycles. The van der Waals surface area contributed by atoms with Crippen molar-refractivity contribution in [1.82, 2.24) is 5.32 Å². The number of nitrogens with one attached hydrogen (secondary N) is 2. The van der Waals surface area contributed by atoms with Crippen molar-refractivity contribution >= 4 is 23.4 Å². The van der Waals surface area contributed by atoms with Crippen LogP contribution in [0.1, 0.15) is 11.1 Å². The number of rotatable bonds is 3. The lowest BCUT2D eigenvalue weighted by Gasteiger charge is -2.15. The second-order valence-corrected chi connectivity index (χ2v) is 5.43. The molecule has 1 amide bonds. The Labute approximate surface area is 111 Å². The molecule has 1 unspecified atom stereocenters. The number of carbonyl (C=O) groups excluding carboxylic acids is 1. The van der Waals surface area contributed by atoms with Crippen molar-refractivity contribution in [2.24, 2.45) is 0 Å². The Morgan fingerprint density at radius 1 is 1.44 bits per heavy atom. The average Bonchev–Trinajstić information content (AvgIpc) is 2.87. The monoisotopic (exact) mass is 266 g/mol. The van der Waals surface area contributed by atoms with Crippen molar-refractivity contribution in [3.63, 3.8) is 0 Å². The van der Waals surface area contributed by atoms with Gasteiger partial charge in [-0.05, 0) is 37.1 Å². The molecule has 5 heteroatoms. The van der Waals surface area contributed by atoms with Gasteiger partial charge in [-0.3, -0.25) is 10.1 Å². The van der Waals surface area contributed by atoms with Gasteiger partial charge >= 0.3 is 0 Å². The third-order valence-electron chi connectivity index (χ3n) is 3.11. The number of ether oxygens (including phenoxy) is 1. The van der Waals surface area contributed by atoms with Gasteiger partial charge in [0.1, 0.15) is 5.75 Å². The SMILES string of the molecule is COc1cc(C)c(C)cc1NC(=O)C1CSCN1. The number of methoxy groups -OCH3 is 1. The van der Waals surface area contributed by atoms with Gasteiger partial charge < -0.3 is 10.1 Å². The van der Waals surface area contributed by atoms with Crippen LogP contribution in [0.25, 0.3) is 0 Å². The topological polar surface area (TPSA) is 50.4 Å². The molecule has 0 aromatic heterocycles. The van der Waals surface area contributed by atoms with Crippen LogP contribution in [0.3, 0.4) is 0 Å². The summed E-state index contributed by atoms with van der Waals surface area (Å²) in [6.45, 7) is 4.05. The van der Waals surface area contributed by atoms with Crippen LogP contribution in [0.5, 0.6) is 5.75 Å². The zero-order valence-electron chi connectivity index (χ0n) is 10.9. The van der Waals surface area contributed by atoms with Gasteiger partial charge in [-0.1, -0.05) is 0 Å². The van der Waals surface area contributed by atoms with E-state index in [0.717, 1.165) is 28.4 Å². The lowest BCUT2D eigenvalue weighted by Crippen LogP contribution is -2.37. The summed E-state index contributed by atoms with van der Waals surface area (Å²) in [5.74, 6) is 2.36. The Hall–Kier alpha value is -1.20. The Kier molecular flexibility index (Phi) is 4.14. The van der Waals surface area contributed by atoms with E-state index in [0.29, 0.717) is 5.75 Å². The maximum absolute atomic E-state index is 12.0. The van der Waals surface area contributed by atoms with Gasteiger partial charge in [-0.2, -0.15) is 0 Å². The highest BCUT2D eigenvalue weighted by molar-refractivity contribution is 7.99. The molecule has 0 bridgehead atoms. The lowest BCUT2D eigenvalue weighted by atomic mass is 10.1. The predicted octanol–water partition coefficient (Wildman–Crippen LogP) is 1.91. The molecule has 0 radical (unpaired) electrons. The standard InChI is InChI=1S/C13H18N2O2S/c1-8-4-10(12(17-3)5-9(8)2)15-13(16)11-6-18-7-14-11/h4-5,11,14H,6-7H2,1-3H3,(H,15,16). The minimum atomic E-state index is -0.110. The molecule has 1 heterocycles. The lowest BCUT2D eigenvalue weighted by molar-refractivity contribution is -0.117. The molecule has 0 saturated carbocycles. The zero-order chi connectivity index (χ0) is 13.1. The molecule has 1 fully saturated rings. The number of benzene rings is 1. The summed E-state index contributed by atoms with van der Waals surface area (Å²) >= 11 is 1.73. The Morgan fingerprint density at radius 2 is 2.17 bits per heavy atom. The highest BCUT2D eigenvalue weighted by Gasteiger charge is 2.23. The summed E-state index contributed by atoms with van der Waals surface area (Å²) in [7, 11) is 1.61. The van der Waals surface area contributed by atoms with Gasteiger partial charge in [-0.15, -0.1) is 11.8 Å². The summed E-state index contributed by atoms with van der Waals surface area (Å²) in [6, 6.07) is 3.79. The minimum absolute atomic E-state index is 0.00144. The van der Waals surface area contributed by atoms with Crippen molar-refractivity contribution in [2.75, 3.05) is 24.1 Å². The van der Waals surface area contributed by atoms with Gasteiger partial charge in [0.2, 0.25) is 5.91 Å². The smallest absolute Gasteiger partial charge is 0.242 e. The second-order valence-electron chi connectivity index (χ2n) is 4.40. The molecule has 1 atom stereocenters. The van der Waals surface area contributed by atoms with E-state index < -0.39 is 0 Å². The summed E-state index contributed by atoms with van der Waals surface area (Å²) < 4.78 is 5.30. The summed E-state index contributed by atoms with van der Waals surface area (Å²) in [5, 5.41) is 6.08. The van der Waals surface area contributed by atoms with Gasteiger partial charge in [0, 0.05) is 11.6 Å². The van der Waals surface area contributed by atoms with Crippen LogP contribution in [-0.2, 0) is 4.79 Å². The van der Waals surface area contributed by atoms with Crippen LogP contribution < -0.4 is 15.4 Å². The number of anilines is 1. The first-order chi connectivity index (χ1) is 8.61. The van der Waals surface area contributed by atoms with E-state index in [1.807, 2.05) is 26.0 Å². The first-order valence-corrected chi connectivity index (χ1v) is 7.04. The summed E-state index contributed by atoms with van der Waals surface area (Å²) in [4.78, 5) is 12.0. The number of amides is 1. The van der Waals surface area contributed by atoms with Crippen LogP contribution in [-0.4, -0.2) is 30.7 Å². The third-order valence-corrected chi connectivity index (χ3v) is 4.05. The quantitative estimate of drug-likeness (QED) is 0.877. The normalized spacial score (nSPS) is 18.7. The molecular formula is C13H18N2O2S. The molecule has 1 aromatic carbocycles. The second kappa shape index (κ2) is 5.63. The molecule has 0 aliphatic carbocycles. The molecule has 1 aromatic rings. The molecular weight excluding hydrogens is 248 g/mol. The minimum Gasteiger partial charge on any atom is -0.495 e. The van der Waals surface area contributed by atoms with E-state index in [1.54, 1.807) is 18.9 Å². The summed E-state index contributed by atoms with van der Waals surface area (Å²) in [6.07, 6.45) is 0. The van der Waals surface area contributed by atoms with E-state index in [2.05, 4.69) is 10.6 Å². The van der Waals surface area contributed by atoms with E-state index in [-0.39, 0.29) is 11.9 Å². The Balaban J connectivity index is 2.17. The summed E-state index contributed by atoms with van der Waals surface area (Å²) in [5.41, 5.74) is 3.03. The zero-order valence-corrected chi connectivity index (χ0v) is 11.7. The molecule has 1 aliphatic rings. The molecule has 1 saturated heterocycles. The third kappa shape index (κ3) is 2.79. The van der Waals surface area contributed by atoms with Crippen LogP contribution >= 0.6 is 11.8 Å². The van der Waals surface area contributed by atoms with Crippen LogP contribution in [0.4, 0.5) is 5.69 Å². The molecule has 18 heavy (non-hydrogen) atoms. The fourth-order valence-corrected chi connectivity index (χ4v) is 2.78. The molecule has 2 rings (SSSR count). The van der Waals surface area contributed by atoms with Gasteiger partial charge in [0.25, 0.3) is 0 Å². The van der Waals surface area contributed by atoms with Gasteiger partial charge in [0.15, 0.2) is 0 Å². The Bertz CT molecular complexity index is 457. The van der Waals surface area contributed by atoms with Crippen molar-refractivity contribution in [3.05, 3.63) is 23.3 Å². The first kappa shape index (κ1) is 13.2. The number of carbonyl (C=O) groups is 1. The van der Waals surface area contributed by atoms with Crippen molar-refractivity contribution in [3.8, 4) is 5.75 Å². The highest BCUT2D eigenvalue weighted by atomic mass is 32.2. The fourth-order valence-electron chi connectivity index (χ4n) is 1.84. The Morgan fingerprint density at radius 3 is 2.78 bits per heavy atom. The maximum atomic E-state index is 12.0. The largest absolute Gasteiger partial charge is 0.495 e. The molecule has 98 valence electrons. The van der Waals surface area contributed by atoms with Gasteiger partial charge in [0.05, 0.1) is 18.8 Å². The van der Waals surface area contributed by atoms with Crippen molar-refractivity contribution in [1.29, 1.82) is 0 Å². The maximum Gasteiger partial charge on any atom is 0.242 e. The molecule has 0 spiro atoms. The number of hydrogen-bond acceptors (Lipinski definition) is 4. The fraction of sp³-hybridized carbons (Fsp3) is 0.462. The number of aryl methyl sites for hydroxylation is 2. The average molecular weight is 266 g/mol. The van der Waals surface area contributed by atoms with E-state index >= 15 is 0 Å². The van der Waals surface area contributed by atoms with Crippen LogP contribution in [0.2, 0.25) is 0 Å². The molecule has 2 N–H and O–H groups in total. The van der Waals surface area contributed by atoms with E-state index in [9.17, 15) is 4.79 Å². The van der Waals surface area contributed by atoms with Crippen molar-refractivity contribution < 1.29 is 9.53 Å². The number of thioether (sulfide) groups is 1. The van der Waals surface area contributed by atoms with Crippen LogP contribution in [0, 0.1) is 13.8 Å². The highest BCUT2D eigenvalue weighted by Crippen LogP contribution is 2.28. The predicted molar refractivity (Wildman–Crippen MR) is 75.3 cm³/mol. The van der Waals surface area contributed by atoms with E-state index in [4.69, 9.17) is 4.74 Å². The molecule has 4 nitrogen and oxygen atoms in total. The number of hydrogen-bond donors (Lipinski definition) is 2. The van der Waals surface area contributed by atoms with E-state index in [1.165, 1.54) is 0 Å². The first-order valence-electron chi connectivity index (χ1n) is 5.89. The van der Waals surface area contributed by atoms with Crippen molar-refractivity contribution in [2.45, 2.75) is 19.9 Å².